The minimum Gasteiger partial charge on any atom is -0.383 e. The number of aliphatic imine (C=N–C) groups is 1. The summed E-state index contributed by atoms with van der Waals surface area (Å²) >= 11 is 5.83. The van der Waals surface area contributed by atoms with E-state index in [-0.39, 0.29) is 11.9 Å². The molecule has 0 spiro atoms. The van der Waals surface area contributed by atoms with Crippen molar-refractivity contribution < 1.29 is 4.39 Å². The lowest BCUT2D eigenvalue weighted by atomic mass is 10.2. The molecule has 11 heteroatoms. The second kappa shape index (κ2) is 10.0. The van der Waals surface area contributed by atoms with Gasteiger partial charge in [-0.25, -0.2) is 14.1 Å². The topological polar surface area (TPSA) is 94.2 Å². The molecule has 1 saturated heterocycles. The van der Waals surface area contributed by atoms with Gasteiger partial charge in [-0.2, -0.15) is 5.10 Å². The molecule has 1 unspecified atom stereocenters. The van der Waals surface area contributed by atoms with E-state index >= 15 is 0 Å². The van der Waals surface area contributed by atoms with Gasteiger partial charge in [-0.15, -0.1) is 0 Å². The van der Waals surface area contributed by atoms with Crippen LogP contribution in [0.5, 0.6) is 0 Å². The summed E-state index contributed by atoms with van der Waals surface area (Å²) in [6.07, 6.45) is 4.14. The molecule has 0 amide bonds. The molecule has 3 heterocycles. The van der Waals surface area contributed by atoms with Crippen LogP contribution in [0, 0.1) is 10.5 Å². The molecule has 2 aromatic carbocycles. The highest BCUT2D eigenvalue weighted by Gasteiger charge is 2.27. The minimum atomic E-state index is -0.308. The zero-order valence-corrected chi connectivity index (χ0v) is 21.0. The minimum absolute atomic E-state index is 0.229. The Bertz CT molecular complexity index is 1420. The summed E-state index contributed by atoms with van der Waals surface area (Å²) in [6.45, 7) is 2.30. The van der Waals surface area contributed by atoms with Crippen molar-refractivity contribution >= 4 is 29.6 Å². The van der Waals surface area contributed by atoms with E-state index in [0.29, 0.717) is 34.1 Å². The van der Waals surface area contributed by atoms with Crippen LogP contribution in [0.25, 0.3) is 5.69 Å². The number of benzene rings is 2. The number of likely N-dealkylation sites (N-methyl/N-ethyl adjacent to an activating group) is 1. The Kier molecular flexibility index (Phi) is 6.66. The highest BCUT2D eigenvalue weighted by molar-refractivity contribution is 7.71. The first-order chi connectivity index (χ1) is 17.4. The summed E-state index contributed by atoms with van der Waals surface area (Å²) in [5.74, 6) is 0.806. The number of hydrogen-bond acceptors (Lipinski definition) is 6. The van der Waals surface area contributed by atoms with Gasteiger partial charge in [0.15, 0.2) is 0 Å². The van der Waals surface area contributed by atoms with Crippen LogP contribution >= 0.6 is 12.2 Å². The number of nitrogens with two attached hydrogens (primary N) is 1. The lowest BCUT2D eigenvalue weighted by Gasteiger charge is -2.18. The standard InChI is InChI=1S/C25H28FN9S/c1-32-12-11-21(14-32)35-23(27)22(25(36)33(35)2)24(31-19-7-5-18(26)6-8-19)29-13-17-3-9-20(10-4-17)34-16-28-15-30-34/h3-10,15-16,21H,11-14,27H2,1-2H3,(H,29,31). The highest BCUT2D eigenvalue weighted by atomic mass is 32.1. The number of nitrogens with one attached hydrogen (secondary N) is 1. The quantitative estimate of drug-likeness (QED) is 0.235. The number of nitrogen functional groups attached to an aromatic ring is 1. The van der Waals surface area contributed by atoms with Crippen LogP contribution < -0.4 is 11.1 Å². The van der Waals surface area contributed by atoms with Crippen LogP contribution in [0.4, 0.5) is 15.9 Å². The summed E-state index contributed by atoms with van der Waals surface area (Å²) in [5.41, 5.74) is 9.99. The van der Waals surface area contributed by atoms with Crippen molar-refractivity contribution in [2.24, 2.45) is 12.0 Å². The van der Waals surface area contributed by atoms with Crippen molar-refractivity contribution in [1.82, 2.24) is 29.0 Å². The average Bonchev–Trinajstić information content (AvgIpc) is 3.60. The molecule has 36 heavy (non-hydrogen) atoms. The average molecular weight is 506 g/mol. The molecule has 0 bridgehead atoms. The van der Waals surface area contributed by atoms with E-state index in [1.165, 1.54) is 18.5 Å². The smallest absolute Gasteiger partial charge is 0.139 e. The lowest BCUT2D eigenvalue weighted by molar-refractivity contribution is 0.364. The Hall–Kier alpha value is -3.83. The summed E-state index contributed by atoms with van der Waals surface area (Å²) in [4.78, 5) is 11.2. The van der Waals surface area contributed by atoms with Gasteiger partial charge in [0.05, 0.1) is 23.8 Å². The molecule has 0 saturated carbocycles. The maximum atomic E-state index is 13.5. The van der Waals surface area contributed by atoms with Gasteiger partial charge in [0.1, 0.15) is 34.8 Å². The predicted octanol–water partition coefficient (Wildman–Crippen LogP) is 3.79. The molecule has 4 aromatic rings. The molecule has 1 fully saturated rings. The molecule has 1 aliphatic heterocycles. The van der Waals surface area contributed by atoms with Crippen LogP contribution in [0.2, 0.25) is 0 Å². The van der Waals surface area contributed by atoms with Crippen molar-refractivity contribution in [2.45, 2.75) is 19.0 Å². The van der Waals surface area contributed by atoms with Gasteiger partial charge in [-0.05, 0) is 62.0 Å². The summed E-state index contributed by atoms with van der Waals surface area (Å²) < 4.78 is 19.8. The molecule has 0 radical (unpaired) electrons. The SMILES string of the molecule is CN1CCC(n2c(N)c(C(=NCc3ccc(-n4cncn4)cc3)Nc3ccc(F)cc3)c(=S)n2C)C1. The van der Waals surface area contributed by atoms with E-state index in [4.69, 9.17) is 22.9 Å². The zero-order chi connectivity index (χ0) is 25.2. The first-order valence-electron chi connectivity index (χ1n) is 11.7. The van der Waals surface area contributed by atoms with E-state index in [2.05, 4.69) is 32.0 Å². The number of nitrogens with zero attached hydrogens (tertiary/aromatic N) is 7. The summed E-state index contributed by atoms with van der Waals surface area (Å²) in [7, 11) is 4.03. The first-order valence-corrected chi connectivity index (χ1v) is 12.1. The Balaban J connectivity index is 1.50. The second-order valence-corrected chi connectivity index (χ2v) is 9.33. The van der Waals surface area contributed by atoms with Crippen molar-refractivity contribution in [3.8, 4) is 5.69 Å². The molecule has 3 N–H and O–H groups in total. The zero-order valence-electron chi connectivity index (χ0n) is 20.2. The number of aromatic nitrogens is 5. The van der Waals surface area contributed by atoms with Crippen molar-refractivity contribution in [3.63, 3.8) is 0 Å². The third kappa shape index (κ3) is 4.79. The van der Waals surface area contributed by atoms with E-state index in [1.54, 1.807) is 23.1 Å². The lowest BCUT2D eigenvalue weighted by Crippen LogP contribution is -2.22. The first kappa shape index (κ1) is 23.9. The normalized spacial score (nSPS) is 16.5. The second-order valence-electron chi connectivity index (χ2n) is 8.94. The number of halogens is 1. The summed E-state index contributed by atoms with van der Waals surface area (Å²) in [6, 6.07) is 14.3. The van der Waals surface area contributed by atoms with Crippen LogP contribution in [-0.2, 0) is 13.6 Å². The Labute approximate surface area is 213 Å². The number of hydrogen-bond donors (Lipinski definition) is 2. The number of likely N-dealkylation sites (tertiary alicyclic amines) is 1. The van der Waals surface area contributed by atoms with Crippen molar-refractivity contribution in [1.29, 1.82) is 0 Å². The van der Waals surface area contributed by atoms with Crippen LogP contribution in [0.3, 0.4) is 0 Å². The van der Waals surface area contributed by atoms with Crippen molar-refractivity contribution in [2.75, 3.05) is 31.2 Å². The van der Waals surface area contributed by atoms with E-state index in [1.807, 2.05) is 36.0 Å². The van der Waals surface area contributed by atoms with E-state index in [9.17, 15) is 4.39 Å². The number of amidine groups is 1. The monoisotopic (exact) mass is 505 g/mol. The van der Waals surface area contributed by atoms with Crippen molar-refractivity contribution in [3.05, 3.63) is 82.8 Å². The molecule has 2 aromatic heterocycles. The molecular formula is C25H28FN9S. The third-order valence-electron chi connectivity index (χ3n) is 6.43. The molecule has 5 rings (SSSR count). The number of anilines is 2. The van der Waals surface area contributed by atoms with E-state index < -0.39 is 0 Å². The number of rotatable bonds is 6. The highest BCUT2D eigenvalue weighted by Crippen LogP contribution is 2.28. The largest absolute Gasteiger partial charge is 0.383 e. The molecule has 9 nitrogen and oxygen atoms in total. The third-order valence-corrected chi connectivity index (χ3v) is 6.90. The van der Waals surface area contributed by atoms with Crippen LogP contribution in [-0.4, -0.2) is 55.0 Å². The molecule has 0 aliphatic carbocycles. The van der Waals surface area contributed by atoms with Gasteiger partial charge in [-0.3, -0.25) is 14.4 Å². The maximum Gasteiger partial charge on any atom is 0.139 e. The fourth-order valence-corrected chi connectivity index (χ4v) is 4.83. The molecule has 1 aliphatic rings. The van der Waals surface area contributed by atoms with Gasteiger partial charge >= 0.3 is 0 Å². The van der Waals surface area contributed by atoms with Crippen LogP contribution in [0.1, 0.15) is 23.6 Å². The Morgan fingerprint density at radius 2 is 1.92 bits per heavy atom. The van der Waals surface area contributed by atoms with Gasteiger partial charge in [0.2, 0.25) is 0 Å². The molecular weight excluding hydrogens is 477 g/mol. The summed E-state index contributed by atoms with van der Waals surface area (Å²) in [5, 5.41) is 7.48. The Morgan fingerprint density at radius 1 is 1.17 bits per heavy atom. The fourth-order valence-electron chi connectivity index (χ4n) is 4.54. The fraction of sp³-hybridized carbons (Fsp3) is 0.280. The van der Waals surface area contributed by atoms with Gasteiger partial charge in [0.25, 0.3) is 0 Å². The maximum absolute atomic E-state index is 13.5. The van der Waals surface area contributed by atoms with Gasteiger partial charge in [0, 0.05) is 19.3 Å². The van der Waals surface area contributed by atoms with Gasteiger partial charge < -0.3 is 16.0 Å². The van der Waals surface area contributed by atoms with E-state index in [0.717, 1.165) is 30.8 Å². The molecule has 1 atom stereocenters. The Morgan fingerprint density at radius 3 is 2.56 bits per heavy atom. The molecule has 186 valence electrons. The van der Waals surface area contributed by atoms with Crippen LogP contribution in [0.15, 0.2) is 66.2 Å². The predicted molar refractivity (Wildman–Crippen MR) is 141 cm³/mol. The van der Waals surface area contributed by atoms with Gasteiger partial charge in [-0.1, -0.05) is 24.4 Å².